The van der Waals surface area contributed by atoms with Crippen LogP contribution >= 0.6 is 23.1 Å². The number of anilines is 1. The highest BCUT2D eigenvalue weighted by atomic mass is 32.2. The Balaban J connectivity index is 3.09. The van der Waals surface area contributed by atoms with Crippen molar-refractivity contribution in [3.63, 3.8) is 0 Å². The summed E-state index contributed by atoms with van der Waals surface area (Å²) in [6, 6.07) is 0. The Morgan fingerprint density at radius 3 is 2.58 bits per heavy atom. The van der Waals surface area contributed by atoms with Gasteiger partial charge in [0, 0.05) is 4.88 Å². The third-order valence-electron chi connectivity index (χ3n) is 2.57. The van der Waals surface area contributed by atoms with Crippen LogP contribution in [0.15, 0.2) is 0 Å². The van der Waals surface area contributed by atoms with Crippen LogP contribution in [-0.2, 0) is 16.0 Å². The van der Waals surface area contributed by atoms with E-state index in [1.165, 1.54) is 23.1 Å². The molecular formula is C13H19NO3S2. The topological polar surface area (TPSA) is 55.4 Å². The summed E-state index contributed by atoms with van der Waals surface area (Å²) in [5, 5.41) is 3.41. The summed E-state index contributed by atoms with van der Waals surface area (Å²) in [5.41, 5.74) is 1.48. The van der Waals surface area contributed by atoms with Crippen LogP contribution in [-0.4, -0.2) is 30.5 Å². The number of amides is 1. The van der Waals surface area contributed by atoms with Gasteiger partial charge in [0.1, 0.15) is 5.00 Å². The minimum atomic E-state index is -0.358. The molecule has 0 unspecified atom stereocenters. The summed E-state index contributed by atoms with van der Waals surface area (Å²) < 4.78 is 5.08. The highest BCUT2D eigenvalue weighted by Gasteiger charge is 2.23. The minimum Gasteiger partial charge on any atom is -0.462 e. The normalized spacial score (nSPS) is 10.3. The molecule has 6 heteroatoms. The van der Waals surface area contributed by atoms with Crippen LogP contribution in [0, 0.1) is 6.92 Å². The van der Waals surface area contributed by atoms with Gasteiger partial charge in [-0.05, 0) is 32.1 Å². The fraction of sp³-hybridized carbons (Fsp3) is 0.538. The molecule has 0 spiro atoms. The number of rotatable bonds is 6. The smallest absolute Gasteiger partial charge is 0.341 e. The maximum Gasteiger partial charge on any atom is 0.341 e. The highest BCUT2D eigenvalue weighted by Crippen LogP contribution is 2.34. The molecule has 1 aromatic heterocycles. The Hall–Kier alpha value is -1.01. The van der Waals surface area contributed by atoms with Crippen LogP contribution in [0.3, 0.4) is 0 Å². The first-order chi connectivity index (χ1) is 9.04. The van der Waals surface area contributed by atoms with Gasteiger partial charge < -0.3 is 10.1 Å². The van der Waals surface area contributed by atoms with Crippen LogP contribution in [0.25, 0.3) is 0 Å². The first-order valence-electron chi connectivity index (χ1n) is 6.13. The molecular weight excluding hydrogens is 282 g/mol. The number of carbonyl (C=O) groups is 2. The van der Waals surface area contributed by atoms with Gasteiger partial charge in [-0.1, -0.05) is 6.92 Å². The fourth-order valence-corrected chi connectivity index (χ4v) is 3.29. The zero-order chi connectivity index (χ0) is 14.4. The van der Waals surface area contributed by atoms with Crippen LogP contribution in [0.1, 0.15) is 34.6 Å². The molecule has 1 amide bonds. The predicted octanol–water partition coefficient (Wildman–Crippen LogP) is 3.10. The molecule has 19 heavy (non-hydrogen) atoms. The molecule has 0 aliphatic heterocycles. The second kappa shape index (κ2) is 7.55. The Labute approximate surface area is 121 Å². The van der Waals surface area contributed by atoms with Gasteiger partial charge in [0.25, 0.3) is 0 Å². The molecule has 0 saturated heterocycles. The molecule has 0 saturated carbocycles. The minimum absolute atomic E-state index is 0.0954. The number of hydrogen-bond donors (Lipinski definition) is 1. The zero-order valence-corrected chi connectivity index (χ0v) is 13.3. The largest absolute Gasteiger partial charge is 0.462 e. The number of carbonyl (C=O) groups excluding carboxylic acids is 2. The Kier molecular flexibility index (Phi) is 6.37. The average Bonchev–Trinajstić information content (AvgIpc) is 2.65. The third kappa shape index (κ3) is 3.98. The van der Waals surface area contributed by atoms with Gasteiger partial charge in [0.2, 0.25) is 5.91 Å². The number of esters is 1. The van der Waals surface area contributed by atoms with Crippen molar-refractivity contribution in [1.29, 1.82) is 0 Å². The van der Waals surface area contributed by atoms with Crippen molar-refractivity contribution in [1.82, 2.24) is 0 Å². The van der Waals surface area contributed by atoms with Gasteiger partial charge in [-0.2, -0.15) is 11.8 Å². The summed E-state index contributed by atoms with van der Waals surface area (Å²) >= 11 is 2.88. The van der Waals surface area contributed by atoms with E-state index < -0.39 is 0 Å². The fourth-order valence-electron chi connectivity index (χ4n) is 1.81. The number of aryl methyl sites for hydroxylation is 1. The van der Waals surface area contributed by atoms with E-state index in [9.17, 15) is 9.59 Å². The third-order valence-corrected chi connectivity index (χ3v) is 4.18. The summed E-state index contributed by atoms with van der Waals surface area (Å²) in [5.74, 6) is -0.0779. The Morgan fingerprint density at radius 1 is 1.37 bits per heavy atom. The van der Waals surface area contributed by atoms with E-state index in [0.717, 1.165) is 16.9 Å². The van der Waals surface area contributed by atoms with Crippen molar-refractivity contribution in [2.75, 3.05) is 23.9 Å². The van der Waals surface area contributed by atoms with E-state index in [1.54, 1.807) is 6.92 Å². The molecule has 0 atom stereocenters. The molecule has 0 fully saturated rings. The van der Waals surface area contributed by atoms with Gasteiger partial charge in [-0.25, -0.2) is 4.79 Å². The number of thiophene rings is 1. The Morgan fingerprint density at radius 2 is 2.05 bits per heavy atom. The van der Waals surface area contributed by atoms with Crippen molar-refractivity contribution in [3.8, 4) is 0 Å². The summed E-state index contributed by atoms with van der Waals surface area (Å²) in [4.78, 5) is 24.7. The summed E-state index contributed by atoms with van der Waals surface area (Å²) in [7, 11) is 0. The molecule has 1 heterocycles. The monoisotopic (exact) mass is 301 g/mol. The molecule has 0 bridgehead atoms. The van der Waals surface area contributed by atoms with Crippen molar-refractivity contribution >= 4 is 40.0 Å². The lowest BCUT2D eigenvalue weighted by Crippen LogP contribution is -2.16. The summed E-state index contributed by atoms with van der Waals surface area (Å²) in [6.07, 6.45) is 2.61. The van der Waals surface area contributed by atoms with Crippen molar-refractivity contribution in [2.24, 2.45) is 0 Å². The van der Waals surface area contributed by atoms with Crippen LogP contribution in [0.4, 0.5) is 5.00 Å². The van der Waals surface area contributed by atoms with Crippen LogP contribution < -0.4 is 5.32 Å². The maximum atomic E-state index is 12.0. The SMILES string of the molecule is CCOC(=O)c1c(NC(=O)CSC)sc(C)c1CC. The lowest BCUT2D eigenvalue weighted by Gasteiger charge is -2.07. The van der Waals surface area contributed by atoms with E-state index in [-0.39, 0.29) is 11.9 Å². The highest BCUT2D eigenvalue weighted by molar-refractivity contribution is 7.99. The molecule has 4 nitrogen and oxygen atoms in total. The van der Waals surface area contributed by atoms with Gasteiger partial charge in [0.15, 0.2) is 0 Å². The van der Waals surface area contributed by atoms with E-state index >= 15 is 0 Å². The number of hydrogen-bond acceptors (Lipinski definition) is 5. The van der Waals surface area contributed by atoms with E-state index in [4.69, 9.17) is 4.74 Å². The first-order valence-corrected chi connectivity index (χ1v) is 8.34. The molecule has 1 rings (SSSR count). The second-order valence-corrected chi connectivity index (χ2v) is 5.99. The molecule has 1 N–H and O–H groups in total. The lowest BCUT2D eigenvalue weighted by molar-refractivity contribution is -0.113. The molecule has 0 aliphatic rings. The van der Waals surface area contributed by atoms with Gasteiger partial charge in [-0.15, -0.1) is 11.3 Å². The van der Waals surface area contributed by atoms with Crippen molar-refractivity contribution in [2.45, 2.75) is 27.2 Å². The average molecular weight is 301 g/mol. The van der Waals surface area contributed by atoms with Crippen molar-refractivity contribution < 1.29 is 14.3 Å². The van der Waals surface area contributed by atoms with Crippen molar-refractivity contribution in [3.05, 3.63) is 16.0 Å². The van der Waals surface area contributed by atoms with Crippen LogP contribution in [0.2, 0.25) is 0 Å². The quantitative estimate of drug-likeness (QED) is 0.820. The molecule has 0 aliphatic carbocycles. The lowest BCUT2D eigenvalue weighted by atomic mass is 10.1. The second-order valence-electron chi connectivity index (χ2n) is 3.90. The van der Waals surface area contributed by atoms with E-state index in [1.807, 2.05) is 20.1 Å². The van der Waals surface area contributed by atoms with E-state index in [0.29, 0.717) is 22.9 Å². The number of thioether (sulfide) groups is 1. The van der Waals surface area contributed by atoms with Gasteiger partial charge in [0.05, 0.1) is 17.9 Å². The van der Waals surface area contributed by atoms with Gasteiger partial charge >= 0.3 is 5.97 Å². The van der Waals surface area contributed by atoms with Gasteiger partial charge in [-0.3, -0.25) is 4.79 Å². The number of ether oxygens (including phenoxy) is 1. The molecule has 0 aromatic carbocycles. The first kappa shape index (κ1) is 16.0. The summed E-state index contributed by atoms with van der Waals surface area (Å²) in [6.45, 7) is 6.05. The predicted molar refractivity (Wildman–Crippen MR) is 81.4 cm³/mol. The molecule has 0 radical (unpaired) electrons. The molecule has 1 aromatic rings. The van der Waals surface area contributed by atoms with Crippen LogP contribution in [0.5, 0.6) is 0 Å². The Bertz CT molecular complexity index is 469. The number of nitrogens with one attached hydrogen (secondary N) is 1. The molecule has 106 valence electrons. The standard InChI is InChI=1S/C13H19NO3S2/c1-5-9-8(3)19-12(14-10(15)7-18-4)11(9)13(16)17-6-2/h5-7H2,1-4H3,(H,14,15). The maximum absolute atomic E-state index is 12.0. The van der Waals surface area contributed by atoms with E-state index in [2.05, 4.69) is 5.32 Å². The zero-order valence-electron chi connectivity index (χ0n) is 11.7.